The van der Waals surface area contributed by atoms with Crippen LogP contribution in [0.3, 0.4) is 0 Å². The van der Waals surface area contributed by atoms with Gasteiger partial charge in [-0.25, -0.2) is 0 Å². The lowest BCUT2D eigenvalue weighted by Gasteiger charge is -2.16. The summed E-state index contributed by atoms with van der Waals surface area (Å²) in [4.78, 5) is 5.44. The first kappa shape index (κ1) is 17.5. The molecule has 2 atom stereocenters. The van der Waals surface area contributed by atoms with E-state index in [0.29, 0.717) is 11.8 Å². The zero-order chi connectivity index (χ0) is 14.8. The summed E-state index contributed by atoms with van der Waals surface area (Å²) >= 11 is 1.90. The van der Waals surface area contributed by atoms with Gasteiger partial charge in [0.25, 0.3) is 0 Å². The summed E-state index contributed by atoms with van der Waals surface area (Å²) in [7, 11) is 0. The first-order chi connectivity index (χ1) is 10.2. The van der Waals surface area contributed by atoms with Crippen LogP contribution in [0.1, 0.15) is 26.8 Å². The third-order valence-corrected chi connectivity index (χ3v) is 5.59. The van der Waals surface area contributed by atoms with Crippen molar-refractivity contribution in [1.29, 1.82) is 0 Å². The molecular weight excluding hydrogens is 312 g/mol. The van der Waals surface area contributed by atoms with E-state index in [4.69, 9.17) is 5.73 Å². The second-order valence-electron chi connectivity index (χ2n) is 6.15. The standard InChI is InChI=1S/C18H24N2S.ClH/c1-13-8-16(14(2)21-13)10-20-11-17(9-19)18(12-20)15-6-4-3-5-7-15;/h3-8,17-18H,9-12,19H2,1-2H3;1H/t17-,18+;/m1./s1. The second kappa shape index (κ2) is 7.60. The maximum absolute atomic E-state index is 6.03. The van der Waals surface area contributed by atoms with Crippen LogP contribution >= 0.6 is 23.7 Å². The van der Waals surface area contributed by atoms with Gasteiger partial charge in [-0.05, 0) is 43.5 Å². The molecule has 22 heavy (non-hydrogen) atoms. The van der Waals surface area contributed by atoms with Crippen molar-refractivity contribution in [2.45, 2.75) is 26.3 Å². The van der Waals surface area contributed by atoms with Crippen LogP contribution in [-0.4, -0.2) is 24.5 Å². The molecule has 3 rings (SSSR count). The molecule has 1 fully saturated rings. The Kier molecular flexibility index (Phi) is 6.04. The second-order valence-corrected chi connectivity index (χ2v) is 7.61. The zero-order valence-corrected chi connectivity index (χ0v) is 14.9. The first-order valence-corrected chi connectivity index (χ1v) is 8.52. The Morgan fingerprint density at radius 3 is 2.50 bits per heavy atom. The fraction of sp³-hybridized carbons (Fsp3) is 0.444. The van der Waals surface area contributed by atoms with Crippen LogP contribution in [0.4, 0.5) is 0 Å². The summed E-state index contributed by atoms with van der Waals surface area (Å²) in [6.07, 6.45) is 0. The summed E-state index contributed by atoms with van der Waals surface area (Å²) in [6, 6.07) is 13.2. The predicted molar refractivity (Wildman–Crippen MR) is 98.0 cm³/mol. The van der Waals surface area contributed by atoms with Gasteiger partial charge in [0.15, 0.2) is 0 Å². The molecule has 2 N–H and O–H groups in total. The van der Waals surface area contributed by atoms with Crippen LogP contribution in [0.15, 0.2) is 36.4 Å². The van der Waals surface area contributed by atoms with Gasteiger partial charge in [0.2, 0.25) is 0 Å². The van der Waals surface area contributed by atoms with Crippen LogP contribution in [-0.2, 0) is 6.54 Å². The van der Waals surface area contributed by atoms with E-state index in [1.807, 2.05) is 11.3 Å². The molecule has 1 aliphatic heterocycles. The first-order valence-electron chi connectivity index (χ1n) is 7.70. The van der Waals surface area contributed by atoms with E-state index in [-0.39, 0.29) is 12.4 Å². The molecule has 2 aromatic rings. The number of hydrogen-bond donors (Lipinski definition) is 1. The Bertz CT molecular complexity index is 596. The molecule has 1 aromatic heterocycles. The van der Waals surface area contributed by atoms with Gasteiger partial charge < -0.3 is 5.73 Å². The molecule has 0 saturated carbocycles. The van der Waals surface area contributed by atoms with Crippen LogP contribution in [0.25, 0.3) is 0 Å². The fourth-order valence-electron chi connectivity index (χ4n) is 3.49. The van der Waals surface area contributed by atoms with Crippen LogP contribution in [0, 0.1) is 19.8 Å². The largest absolute Gasteiger partial charge is 0.330 e. The fourth-order valence-corrected chi connectivity index (χ4v) is 4.43. The molecule has 120 valence electrons. The van der Waals surface area contributed by atoms with Crippen LogP contribution in [0.5, 0.6) is 0 Å². The molecule has 0 radical (unpaired) electrons. The smallest absolute Gasteiger partial charge is 0.0245 e. The van der Waals surface area contributed by atoms with E-state index in [2.05, 4.69) is 55.1 Å². The van der Waals surface area contributed by atoms with Gasteiger partial charge in [-0.15, -0.1) is 23.7 Å². The summed E-state index contributed by atoms with van der Waals surface area (Å²) in [5, 5.41) is 0. The Hall–Kier alpha value is -0.870. The molecule has 0 amide bonds. The van der Waals surface area contributed by atoms with Crippen molar-refractivity contribution in [3.63, 3.8) is 0 Å². The zero-order valence-electron chi connectivity index (χ0n) is 13.3. The maximum atomic E-state index is 6.03. The molecule has 0 spiro atoms. The van der Waals surface area contributed by atoms with Crippen molar-refractivity contribution in [3.05, 3.63) is 57.3 Å². The van der Waals surface area contributed by atoms with Gasteiger partial charge in [-0.2, -0.15) is 0 Å². The van der Waals surface area contributed by atoms with E-state index in [9.17, 15) is 0 Å². The number of aryl methyl sites for hydroxylation is 2. The Morgan fingerprint density at radius 2 is 1.91 bits per heavy atom. The monoisotopic (exact) mass is 336 g/mol. The molecule has 0 unspecified atom stereocenters. The molecule has 4 heteroatoms. The normalized spacial score (nSPS) is 21.8. The number of benzene rings is 1. The number of rotatable bonds is 4. The number of thiophene rings is 1. The van der Waals surface area contributed by atoms with Gasteiger partial charge in [0.1, 0.15) is 0 Å². The lowest BCUT2D eigenvalue weighted by atomic mass is 9.89. The summed E-state index contributed by atoms with van der Waals surface area (Å²) in [5.74, 6) is 1.16. The number of nitrogens with zero attached hydrogens (tertiary/aromatic N) is 1. The minimum atomic E-state index is 0. The third kappa shape index (κ3) is 3.72. The van der Waals surface area contributed by atoms with Gasteiger partial charge in [0.05, 0.1) is 0 Å². The summed E-state index contributed by atoms with van der Waals surface area (Å²) in [6.45, 7) is 8.51. The van der Waals surface area contributed by atoms with Crippen LogP contribution in [0.2, 0.25) is 0 Å². The van der Waals surface area contributed by atoms with Crippen molar-refractivity contribution in [2.75, 3.05) is 19.6 Å². The van der Waals surface area contributed by atoms with Crippen molar-refractivity contribution in [2.24, 2.45) is 11.7 Å². The minimum Gasteiger partial charge on any atom is -0.330 e. The third-order valence-electron chi connectivity index (χ3n) is 4.58. The highest BCUT2D eigenvalue weighted by molar-refractivity contribution is 7.12. The van der Waals surface area contributed by atoms with Gasteiger partial charge in [-0.3, -0.25) is 4.90 Å². The highest BCUT2D eigenvalue weighted by atomic mass is 35.5. The minimum absolute atomic E-state index is 0. The Balaban J connectivity index is 0.00000176. The molecule has 0 bridgehead atoms. The van der Waals surface area contributed by atoms with Crippen molar-refractivity contribution < 1.29 is 0 Å². The summed E-state index contributed by atoms with van der Waals surface area (Å²) < 4.78 is 0. The average Bonchev–Trinajstić information content (AvgIpc) is 3.03. The topological polar surface area (TPSA) is 29.3 Å². The summed E-state index contributed by atoms with van der Waals surface area (Å²) in [5.41, 5.74) is 8.95. The van der Waals surface area contributed by atoms with Crippen molar-refractivity contribution in [1.82, 2.24) is 4.90 Å². The molecule has 1 aromatic carbocycles. The van der Waals surface area contributed by atoms with E-state index in [0.717, 1.165) is 26.2 Å². The number of nitrogens with two attached hydrogens (primary N) is 1. The van der Waals surface area contributed by atoms with Crippen molar-refractivity contribution in [3.8, 4) is 0 Å². The van der Waals surface area contributed by atoms with Crippen molar-refractivity contribution >= 4 is 23.7 Å². The SMILES string of the molecule is Cc1cc(CN2C[C@@H](CN)[C@H](c3ccccc3)C2)c(C)s1.Cl. The molecule has 1 saturated heterocycles. The maximum Gasteiger partial charge on any atom is 0.0245 e. The van der Waals surface area contributed by atoms with Crippen LogP contribution < -0.4 is 5.73 Å². The molecule has 1 aliphatic rings. The van der Waals surface area contributed by atoms with Gasteiger partial charge in [-0.1, -0.05) is 30.3 Å². The molecule has 2 heterocycles. The average molecular weight is 337 g/mol. The number of hydrogen-bond acceptors (Lipinski definition) is 3. The number of likely N-dealkylation sites (tertiary alicyclic amines) is 1. The highest BCUT2D eigenvalue weighted by Crippen LogP contribution is 2.33. The van der Waals surface area contributed by atoms with Gasteiger partial charge in [0, 0.05) is 35.3 Å². The van der Waals surface area contributed by atoms with E-state index < -0.39 is 0 Å². The highest BCUT2D eigenvalue weighted by Gasteiger charge is 2.32. The van der Waals surface area contributed by atoms with Gasteiger partial charge >= 0.3 is 0 Å². The predicted octanol–water partition coefficient (Wildman–Crippen LogP) is 3.96. The number of halogens is 1. The molecule has 0 aliphatic carbocycles. The molecular formula is C18H25ClN2S. The molecule has 2 nitrogen and oxygen atoms in total. The quantitative estimate of drug-likeness (QED) is 0.915. The Morgan fingerprint density at radius 1 is 1.18 bits per heavy atom. The lowest BCUT2D eigenvalue weighted by Crippen LogP contribution is -2.23. The van der Waals surface area contributed by atoms with E-state index in [1.165, 1.54) is 20.9 Å². The van der Waals surface area contributed by atoms with E-state index in [1.54, 1.807) is 0 Å². The van der Waals surface area contributed by atoms with E-state index >= 15 is 0 Å². The Labute approximate surface area is 143 Å². The lowest BCUT2D eigenvalue weighted by molar-refractivity contribution is 0.316.